The van der Waals surface area contributed by atoms with Crippen molar-refractivity contribution in [2.75, 3.05) is 17.7 Å². The quantitative estimate of drug-likeness (QED) is 0.477. The van der Waals surface area contributed by atoms with Crippen LogP contribution in [-0.4, -0.2) is 27.0 Å². The molecule has 0 aliphatic rings. The van der Waals surface area contributed by atoms with Crippen molar-refractivity contribution in [3.8, 4) is 5.75 Å². The fourth-order valence-corrected chi connectivity index (χ4v) is 2.54. The average Bonchev–Trinajstić information content (AvgIpc) is 2.64. The number of halogens is 1. The van der Waals surface area contributed by atoms with Crippen molar-refractivity contribution in [2.45, 2.75) is 6.92 Å². The van der Waals surface area contributed by atoms with Gasteiger partial charge in [0.05, 0.1) is 17.7 Å². The monoisotopic (exact) mass is 386 g/mol. The zero-order chi connectivity index (χ0) is 19.4. The second kappa shape index (κ2) is 7.83. The number of methoxy groups -OCH3 is 1. The van der Waals surface area contributed by atoms with Crippen LogP contribution in [0.25, 0.3) is 0 Å². The molecule has 0 bridgehead atoms. The van der Waals surface area contributed by atoms with E-state index in [0.29, 0.717) is 22.3 Å². The number of hydrogen-bond acceptors (Lipinski definition) is 8. The highest BCUT2D eigenvalue weighted by molar-refractivity contribution is 6.31. The zero-order valence-electron chi connectivity index (χ0n) is 14.4. The third kappa shape index (κ3) is 4.04. The van der Waals surface area contributed by atoms with Gasteiger partial charge in [-0.25, -0.2) is 15.0 Å². The zero-order valence-corrected chi connectivity index (χ0v) is 15.2. The molecule has 0 saturated carbocycles. The Hall–Kier alpha value is -3.46. The molecular weight excluding hydrogens is 372 g/mol. The second-order valence-corrected chi connectivity index (χ2v) is 5.88. The Morgan fingerprint density at radius 1 is 1.11 bits per heavy atom. The minimum atomic E-state index is -0.569. The summed E-state index contributed by atoms with van der Waals surface area (Å²) >= 11 is 6.02. The van der Waals surface area contributed by atoms with E-state index < -0.39 is 4.92 Å². The number of aryl methyl sites for hydroxylation is 1. The Balaban J connectivity index is 2.03. The highest BCUT2D eigenvalue weighted by atomic mass is 35.5. The van der Waals surface area contributed by atoms with Gasteiger partial charge in [0.25, 0.3) is 0 Å². The first-order chi connectivity index (χ1) is 13.0. The molecule has 9 nitrogen and oxygen atoms in total. The lowest BCUT2D eigenvalue weighted by atomic mass is 10.2. The third-order valence-corrected chi connectivity index (χ3v) is 3.90. The minimum Gasteiger partial charge on any atom is -0.495 e. The number of hydrogen-bond donors (Lipinski definition) is 2. The number of nitro groups is 1. The Kier molecular flexibility index (Phi) is 5.32. The van der Waals surface area contributed by atoms with Crippen LogP contribution in [0.3, 0.4) is 0 Å². The maximum Gasteiger partial charge on any atom is 0.353 e. The predicted octanol–water partition coefficient (Wildman–Crippen LogP) is 4.24. The number of ether oxygens (including phenoxy) is 1. The van der Waals surface area contributed by atoms with Crippen LogP contribution in [0.5, 0.6) is 5.75 Å². The summed E-state index contributed by atoms with van der Waals surface area (Å²) in [5.41, 5.74) is 0.924. The molecule has 2 aromatic heterocycles. The van der Waals surface area contributed by atoms with Crippen molar-refractivity contribution >= 4 is 40.4 Å². The van der Waals surface area contributed by atoms with Crippen molar-refractivity contribution in [3.05, 3.63) is 63.6 Å². The van der Waals surface area contributed by atoms with E-state index in [2.05, 4.69) is 25.6 Å². The minimum absolute atomic E-state index is 0.00773. The number of aromatic nitrogens is 3. The van der Waals surface area contributed by atoms with Gasteiger partial charge in [-0.1, -0.05) is 17.7 Å². The fraction of sp³-hybridized carbons (Fsp3) is 0.118. The predicted molar refractivity (Wildman–Crippen MR) is 102 cm³/mol. The van der Waals surface area contributed by atoms with E-state index in [1.54, 1.807) is 30.5 Å². The van der Waals surface area contributed by atoms with Crippen LogP contribution >= 0.6 is 11.6 Å². The van der Waals surface area contributed by atoms with Gasteiger partial charge >= 0.3 is 5.69 Å². The molecule has 0 unspecified atom stereocenters. The maximum absolute atomic E-state index is 11.7. The molecule has 1 aromatic carbocycles. The molecule has 2 N–H and O–H groups in total. The molecule has 3 rings (SSSR count). The first kappa shape index (κ1) is 18.3. The van der Waals surface area contributed by atoms with Crippen LogP contribution in [0.4, 0.5) is 28.8 Å². The molecular formula is C17H15ClN6O3. The SMILES string of the molecule is COc1ccc(Cl)cc1Nc1ncnc(Nc2ncccc2C)c1[N+](=O)[O-]. The lowest BCUT2D eigenvalue weighted by molar-refractivity contribution is -0.383. The van der Waals surface area contributed by atoms with Crippen LogP contribution < -0.4 is 15.4 Å². The molecule has 0 aliphatic carbocycles. The molecule has 0 fully saturated rings. The van der Waals surface area contributed by atoms with Crippen LogP contribution in [0.2, 0.25) is 5.02 Å². The van der Waals surface area contributed by atoms with Gasteiger partial charge in [-0.05, 0) is 36.8 Å². The van der Waals surface area contributed by atoms with E-state index in [-0.39, 0.29) is 17.3 Å². The summed E-state index contributed by atoms with van der Waals surface area (Å²) in [6, 6.07) is 8.48. The van der Waals surface area contributed by atoms with Crippen molar-refractivity contribution in [2.24, 2.45) is 0 Å². The smallest absolute Gasteiger partial charge is 0.353 e. The Morgan fingerprint density at radius 3 is 2.52 bits per heavy atom. The third-order valence-electron chi connectivity index (χ3n) is 3.67. The lowest BCUT2D eigenvalue weighted by Crippen LogP contribution is -2.07. The topological polar surface area (TPSA) is 115 Å². The second-order valence-electron chi connectivity index (χ2n) is 5.44. The van der Waals surface area contributed by atoms with E-state index >= 15 is 0 Å². The summed E-state index contributed by atoms with van der Waals surface area (Å²) in [4.78, 5) is 23.3. The van der Waals surface area contributed by atoms with Crippen LogP contribution in [0, 0.1) is 17.0 Å². The number of nitrogens with one attached hydrogen (secondary N) is 2. The highest BCUT2D eigenvalue weighted by Crippen LogP contribution is 2.36. The summed E-state index contributed by atoms with van der Waals surface area (Å²) in [7, 11) is 1.49. The molecule has 27 heavy (non-hydrogen) atoms. The van der Waals surface area contributed by atoms with Crippen LogP contribution in [-0.2, 0) is 0 Å². The van der Waals surface area contributed by atoms with Gasteiger partial charge in [0.1, 0.15) is 17.9 Å². The van der Waals surface area contributed by atoms with Crippen LogP contribution in [0.15, 0.2) is 42.9 Å². The fourth-order valence-electron chi connectivity index (χ4n) is 2.37. The van der Waals surface area contributed by atoms with Crippen molar-refractivity contribution in [3.63, 3.8) is 0 Å². The molecule has 3 aromatic rings. The molecule has 0 amide bonds. The van der Waals surface area contributed by atoms with E-state index in [0.717, 1.165) is 5.56 Å². The summed E-state index contributed by atoms with van der Waals surface area (Å²) in [5, 5.41) is 17.9. The number of pyridine rings is 1. The van der Waals surface area contributed by atoms with E-state index in [1.165, 1.54) is 13.4 Å². The van der Waals surface area contributed by atoms with Crippen LogP contribution in [0.1, 0.15) is 5.56 Å². The Morgan fingerprint density at radius 2 is 1.85 bits per heavy atom. The molecule has 138 valence electrons. The van der Waals surface area contributed by atoms with Crippen molar-refractivity contribution in [1.82, 2.24) is 15.0 Å². The lowest BCUT2D eigenvalue weighted by Gasteiger charge is -2.13. The first-order valence-corrected chi connectivity index (χ1v) is 8.16. The Bertz CT molecular complexity index is 998. The molecule has 0 radical (unpaired) electrons. The van der Waals surface area contributed by atoms with Gasteiger partial charge in [-0.15, -0.1) is 0 Å². The largest absolute Gasteiger partial charge is 0.495 e. The summed E-state index contributed by atoms with van der Waals surface area (Å²) in [6.07, 6.45) is 2.80. The van der Waals surface area contributed by atoms with E-state index in [4.69, 9.17) is 16.3 Å². The maximum atomic E-state index is 11.7. The Labute approximate surface area is 159 Å². The number of anilines is 4. The summed E-state index contributed by atoms with van der Waals surface area (Å²) in [5.74, 6) is 0.930. The van der Waals surface area contributed by atoms with Gasteiger partial charge in [0.2, 0.25) is 11.6 Å². The molecule has 0 spiro atoms. The molecule has 2 heterocycles. The van der Waals surface area contributed by atoms with Gasteiger partial charge in [-0.2, -0.15) is 0 Å². The van der Waals surface area contributed by atoms with E-state index in [1.807, 2.05) is 13.0 Å². The first-order valence-electron chi connectivity index (χ1n) is 7.78. The van der Waals surface area contributed by atoms with E-state index in [9.17, 15) is 10.1 Å². The molecule has 10 heteroatoms. The molecule has 0 saturated heterocycles. The van der Waals surface area contributed by atoms with Crippen molar-refractivity contribution < 1.29 is 9.66 Å². The summed E-state index contributed by atoms with van der Waals surface area (Å²) in [6.45, 7) is 1.83. The average molecular weight is 387 g/mol. The number of rotatable bonds is 6. The summed E-state index contributed by atoms with van der Waals surface area (Å²) < 4.78 is 5.25. The molecule has 0 aliphatic heterocycles. The standard InChI is InChI=1S/C17H15ClN6O3/c1-10-4-3-7-19-15(10)23-17-14(24(25)26)16(20-9-21-17)22-12-8-11(18)5-6-13(12)27-2/h3-9H,1-2H3,(H2,19,20,21,22,23). The highest BCUT2D eigenvalue weighted by Gasteiger charge is 2.24. The van der Waals surface area contributed by atoms with Gasteiger partial charge < -0.3 is 15.4 Å². The number of benzene rings is 1. The van der Waals surface area contributed by atoms with Crippen molar-refractivity contribution in [1.29, 1.82) is 0 Å². The normalized spacial score (nSPS) is 10.3. The molecule has 0 atom stereocenters. The number of nitrogens with zero attached hydrogens (tertiary/aromatic N) is 4. The van der Waals surface area contributed by atoms with Gasteiger partial charge in [0, 0.05) is 11.2 Å². The van der Waals surface area contributed by atoms with Gasteiger partial charge in [-0.3, -0.25) is 10.1 Å². The van der Waals surface area contributed by atoms with Gasteiger partial charge in [0.15, 0.2) is 0 Å².